The molecule has 0 bridgehead atoms. The number of nitrogens with zero attached hydrogens (tertiary/aromatic N) is 1. The van der Waals surface area contributed by atoms with Gasteiger partial charge in [0.1, 0.15) is 17.5 Å². The monoisotopic (exact) mass is 370 g/mol. The van der Waals surface area contributed by atoms with Gasteiger partial charge in [0.05, 0.1) is 18.8 Å². The summed E-state index contributed by atoms with van der Waals surface area (Å²) >= 11 is 0. The molecule has 1 amide bonds. The number of benzene rings is 1. The van der Waals surface area contributed by atoms with Crippen LogP contribution in [0, 0.1) is 5.82 Å². The maximum Gasteiger partial charge on any atom is 0.419 e. The van der Waals surface area contributed by atoms with Crippen LogP contribution in [0.4, 0.5) is 23.2 Å². The Morgan fingerprint density at radius 2 is 2.12 bits per heavy atom. The minimum Gasteiger partial charge on any atom is -0.471 e. The summed E-state index contributed by atoms with van der Waals surface area (Å²) in [6, 6.07) is 5.16. The van der Waals surface area contributed by atoms with Gasteiger partial charge in [0.25, 0.3) is 5.91 Å². The zero-order valence-electron chi connectivity index (χ0n) is 13.3. The highest BCUT2D eigenvalue weighted by Gasteiger charge is 2.34. The number of hydrogen-bond donors (Lipinski definition) is 1. The molecule has 26 heavy (non-hydrogen) atoms. The van der Waals surface area contributed by atoms with Crippen LogP contribution in [0.15, 0.2) is 36.5 Å². The zero-order chi connectivity index (χ0) is 18.7. The van der Waals surface area contributed by atoms with E-state index >= 15 is 0 Å². The van der Waals surface area contributed by atoms with E-state index in [-0.39, 0.29) is 23.2 Å². The Morgan fingerprint density at radius 1 is 1.31 bits per heavy atom. The normalized spacial score (nSPS) is 17.2. The first kappa shape index (κ1) is 18.1. The number of nitrogens with one attached hydrogen (secondary N) is 1. The van der Waals surface area contributed by atoms with Crippen LogP contribution in [0.5, 0.6) is 5.88 Å². The third kappa shape index (κ3) is 4.10. The molecule has 0 saturated carbocycles. The lowest BCUT2D eigenvalue weighted by molar-refractivity contribution is -0.139. The fourth-order valence-corrected chi connectivity index (χ4v) is 2.44. The van der Waals surface area contributed by atoms with Gasteiger partial charge in [-0.3, -0.25) is 4.79 Å². The number of alkyl halides is 3. The van der Waals surface area contributed by atoms with Crippen LogP contribution in [-0.4, -0.2) is 30.2 Å². The Kier molecular flexibility index (Phi) is 5.08. The number of anilines is 1. The third-order valence-electron chi connectivity index (χ3n) is 3.71. The van der Waals surface area contributed by atoms with Crippen molar-refractivity contribution in [3.05, 3.63) is 53.5 Å². The molecule has 3 rings (SSSR count). The van der Waals surface area contributed by atoms with Crippen molar-refractivity contribution in [1.29, 1.82) is 0 Å². The number of hydrogen-bond acceptors (Lipinski definition) is 4. The molecule has 1 atom stereocenters. The lowest BCUT2D eigenvalue weighted by atomic mass is 10.1. The predicted molar refractivity (Wildman–Crippen MR) is 83.4 cm³/mol. The van der Waals surface area contributed by atoms with E-state index in [9.17, 15) is 22.4 Å². The molecule has 1 aromatic heterocycles. The van der Waals surface area contributed by atoms with Crippen molar-refractivity contribution in [2.45, 2.75) is 18.7 Å². The van der Waals surface area contributed by atoms with E-state index in [0.717, 1.165) is 6.07 Å². The van der Waals surface area contributed by atoms with Crippen LogP contribution in [0.25, 0.3) is 0 Å². The summed E-state index contributed by atoms with van der Waals surface area (Å²) in [6.07, 6.45) is -3.04. The Balaban J connectivity index is 1.80. The molecule has 0 radical (unpaired) electrons. The summed E-state index contributed by atoms with van der Waals surface area (Å²) in [6.45, 7) is 0.902. The summed E-state index contributed by atoms with van der Waals surface area (Å²) in [4.78, 5) is 16.4. The summed E-state index contributed by atoms with van der Waals surface area (Å²) in [5.74, 6) is -2.08. The molecule has 1 aliphatic heterocycles. The van der Waals surface area contributed by atoms with Crippen molar-refractivity contribution < 1.29 is 31.8 Å². The summed E-state index contributed by atoms with van der Waals surface area (Å²) in [5.41, 5.74) is -1.60. The first-order chi connectivity index (χ1) is 12.3. The smallest absolute Gasteiger partial charge is 0.419 e. The lowest BCUT2D eigenvalue weighted by Gasteiger charge is -2.15. The fraction of sp³-hybridized carbons (Fsp3) is 0.294. The second-order valence-electron chi connectivity index (χ2n) is 5.61. The van der Waals surface area contributed by atoms with E-state index in [1.165, 1.54) is 18.3 Å². The second-order valence-corrected chi connectivity index (χ2v) is 5.61. The Morgan fingerprint density at radius 3 is 2.81 bits per heavy atom. The van der Waals surface area contributed by atoms with Gasteiger partial charge in [-0.05, 0) is 30.3 Å². The first-order valence-corrected chi connectivity index (χ1v) is 7.72. The molecule has 1 fully saturated rings. The molecule has 1 aliphatic rings. The lowest BCUT2D eigenvalue weighted by Crippen LogP contribution is -2.20. The number of carbonyl (C=O) groups is 1. The average molecular weight is 370 g/mol. The van der Waals surface area contributed by atoms with Gasteiger partial charge < -0.3 is 14.8 Å². The quantitative estimate of drug-likeness (QED) is 0.835. The van der Waals surface area contributed by atoms with E-state index in [1.54, 1.807) is 0 Å². The Labute approximate surface area is 145 Å². The number of rotatable bonds is 4. The minimum absolute atomic E-state index is 0.0530. The minimum atomic E-state index is -4.87. The molecule has 0 unspecified atom stereocenters. The molecule has 2 aromatic rings. The van der Waals surface area contributed by atoms with Gasteiger partial charge in [0.15, 0.2) is 0 Å². The first-order valence-electron chi connectivity index (χ1n) is 7.72. The highest BCUT2D eigenvalue weighted by molar-refractivity contribution is 6.05. The fourth-order valence-electron chi connectivity index (χ4n) is 2.44. The van der Waals surface area contributed by atoms with Gasteiger partial charge in [0, 0.05) is 18.3 Å². The van der Waals surface area contributed by atoms with Crippen molar-refractivity contribution >= 4 is 11.6 Å². The molecule has 138 valence electrons. The van der Waals surface area contributed by atoms with E-state index < -0.39 is 23.5 Å². The third-order valence-corrected chi connectivity index (χ3v) is 3.71. The molecule has 9 heteroatoms. The maximum absolute atomic E-state index is 13.3. The van der Waals surface area contributed by atoms with Crippen molar-refractivity contribution in [3.8, 4) is 5.88 Å². The Hall–Kier alpha value is -2.68. The van der Waals surface area contributed by atoms with Crippen molar-refractivity contribution in [2.75, 3.05) is 18.5 Å². The number of ether oxygens (including phenoxy) is 2. The largest absolute Gasteiger partial charge is 0.471 e. The summed E-state index contributed by atoms with van der Waals surface area (Å²) < 4.78 is 62.5. The van der Waals surface area contributed by atoms with Gasteiger partial charge >= 0.3 is 6.18 Å². The van der Waals surface area contributed by atoms with Crippen LogP contribution in [0.1, 0.15) is 22.3 Å². The van der Waals surface area contributed by atoms with Gasteiger partial charge in [0.2, 0.25) is 5.88 Å². The molecule has 1 aromatic carbocycles. The predicted octanol–water partition coefficient (Wildman–Crippen LogP) is 3.66. The summed E-state index contributed by atoms with van der Waals surface area (Å²) in [7, 11) is 0. The van der Waals surface area contributed by atoms with Gasteiger partial charge in [-0.1, -0.05) is 0 Å². The maximum atomic E-state index is 13.3. The van der Waals surface area contributed by atoms with Crippen LogP contribution in [0.3, 0.4) is 0 Å². The van der Waals surface area contributed by atoms with E-state index in [2.05, 4.69) is 10.3 Å². The molecule has 1 N–H and O–H groups in total. The van der Waals surface area contributed by atoms with Gasteiger partial charge in [-0.25, -0.2) is 9.37 Å². The van der Waals surface area contributed by atoms with E-state index in [0.29, 0.717) is 31.8 Å². The molecular weight excluding hydrogens is 356 g/mol. The standard InChI is InChI=1S/C17H14F4N2O3/c18-14-4-3-10(8-13(14)17(19,20)21)23-15(24)12-2-1-6-22-16(12)26-11-5-7-25-9-11/h1-4,6,8,11H,5,7,9H2,(H,23,24)/t11-/m0/s1. The van der Waals surface area contributed by atoms with E-state index in [4.69, 9.17) is 9.47 Å². The molecule has 0 spiro atoms. The zero-order valence-corrected chi connectivity index (χ0v) is 13.3. The highest BCUT2D eigenvalue weighted by atomic mass is 19.4. The molecule has 1 saturated heterocycles. The average Bonchev–Trinajstić information content (AvgIpc) is 3.09. The van der Waals surface area contributed by atoms with Crippen molar-refractivity contribution in [3.63, 3.8) is 0 Å². The number of carbonyl (C=O) groups excluding carboxylic acids is 1. The molecular formula is C17H14F4N2O3. The van der Waals surface area contributed by atoms with Crippen LogP contribution in [-0.2, 0) is 10.9 Å². The topological polar surface area (TPSA) is 60.5 Å². The van der Waals surface area contributed by atoms with E-state index in [1.807, 2.05) is 0 Å². The second kappa shape index (κ2) is 7.28. The highest BCUT2D eigenvalue weighted by Crippen LogP contribution is 2.33. The van der Waals surface area contributed by atoms with Gasteiger partial charge in [-0.15, -0.1) is 0 Å². The van der Waals surface area contributed by atoms with Crippen molar-refractivity contribution in [2.24, 2.45) is 0 Å². The van der Waals surface area contributed by atoms with Crippen LogP contribution in [0.2, 0.25) is 0 Å². The summed E-state index contributed by atoms with van der Waals surface area (Å²) in [5, 5.41) is 2.31. The van der Waals surface area contributed by atoms with Crippen LogP contribution >= 0.6 is 0 Å². The van der Waals surface area contributed by atoms with Crippen LogP contribution < -0.4 is 10.1 Å². The van der Waals surface area contributed by atoms with Gasteiger partial charge in [-0.2, -0.15) is 13.2 Å². The number of pyridine rings is 1. The molecule has 0 aliphatic carbocycles. The Bertz CT molecular complexity index is 805. The molecule has 2 heterocycles. The number of aromatic nitrogens is 1. The number of amides is 1. The number of halogens is 4. The SMILES string of the molecule is O=C(Nc1ccc(F)c(C(F)(F)F)c1)c1cccnc1O[C@H]1CCOC1. The van der Waals surface area contributed by atoms with Crippen molar-refractivity contribution in [1.82, 2.24) is 4.98 Å². The molecule has 5 nitrogen and oxygen atoms in total.